The number of halogens is 2. The van der Waals surface area contributed by atoms with Crippen molar-refractivity contribution in [2.24, 2.45) is 10.7 Å². The molecule has 0 aromatic carbocycles. The van der Waals surface area contributed by atoms with Gasteiger partial charge in [-0.2, -0.15) is 4.85 Å². The second-order valence-electron chi connectivity index (χ2n) is 0.420. The SMILES string of the molecule is NN=PP(Cl)I. The number of nitrogens with two attached hydrogens (primary N) is 1. The third kappa shape index (κ3) is 5.51. The van der Waals surface area contributed by atoms with Gasteiger partial charge in [0.25, 0.3) is 0 Å². The summed E-state index contributed by atoms with van der Waals surface area (Å²) in [5, 5.41) is 0. The lowest BCUT2D eigenvalue weighted by Crippen LogP contribution is -1.65. The molecule has 36 valence electrons. The van der Waals surface area contributed by atoms with Crippen LogP contribution in [-0.2, 0) is 0 Å². The number of hydrogen-bond donors (Lipinski definition) is 1. The average Bonchev–Trinajstić information content (AvgIpc) is 1.35. The van der Waals surface area contributed by atoms with Gasteiger partial charge in [-0.15, -0.1) is 0 Å². The zero-order chi connectivity index (χ0) is 4.99. The highest BCUT2D eigenvalue weighted by Gasteiger charge is 1.86. The minimum atomic E-state index is -0.478. The van der Waals surface area contributed by atoms with Crippen LogP contribution in [-0.4, -0.2) is 0 Å². The second-order valence-corrected chi connectivity index (χ2v) is 11.6. The molecular weight excluding hydrogens is 252 g/mol. The van der Waals surface area contributed by atoms with Crippen molar-refractivity contribution in [2.45, 2.75) is 0 Å². The Morgan fingerprint density at radius 2 is 2.50 bits per heavy atom. The molecule has 0 aliphatic heterocycles. The van der Waals surface area contributed by atoms with Gasteiger partial charge >= 0.3 is 0 Å². The Morgan fingerprint density at radius 1 is 2.00 bits per heavy atom. The molecule has 2 N–H and O–H groups in total. The Labute approximate surface area is 56.6 Å². The van der Waals surface area contributed by atoms with Crippen LogP contribution in [0.2, 0.25) is 0 Å². The van der Waals surface area contributed by atoms with E-state index in [1.54, 1.807) is 0 Å². The fourth-order valence-electron chi connectivity index (χ4n) is 0.0390. The van der Waals surface area contributed by atoms with Crippen molar-refractivity contribution in [1.29, 1.82) is 0 Å². The van der Waals surface area contributed by atoms with Gasteiger partial charge in [0.1, 0.15) is 4.61 Å². The molecule has 2 nitrogen and oxygen atoms in total. The number of rotatable bonds is 1. The summed E-state index contributed by atoms with van der Waals surface area (Å²) in [6, 6.07) is 0. The van der Waals surface area contributed by atoms with Gasteiger partial charge in [-0.1, -0.05) is 11.2 Å². The van der Waals surface area contributed by atoms with Gasteiger partial charge in [0.2, 0.25) is 0 Å². The first-order valence-corrected chi connectivity index (χ1v) is 7.58. The highest BCUT2D eigenvalue weighted by molar-refractivity contribution is 14.2. The molecule has 0 spiro atoms. The summed E-state index contributed by atoms with van der Waals surface area (Å²) in [6.45, 7) is 0. The maximum Gasteiger partial charge on any atom is 0.128 e. The zero-order valence-corrected chi connectivity index (χ0v) is 7.38. The highest BCUT2D eigenvalue weighted by atomic mass is 127. The van der Waals surface area contributed by atoms with Gasteiger partial charge in [0.15, 0.2) is 0 Å². The standard InChI is InChI=1S/ClH2IN2P2/c1-6(2)5-4-3/h3H2. The fraction of sp³-hybridized carbons (Fsp3) is 0. The summed E-state index contributed by atoms with van der Waals surface area (Å²) < 4.78 is -0.478. The summed E-state index contributed by atoms with van der Waals surface area (Å²) in [6.07, 6.45) is 0. The molecule has 1 atom stereocenters. The predicted molar refractivity (Wildman–Crippen MR) is 40.3 cm³/mol. The van der Waals surface area contributed by atoms with E-state index in [4.69, 9.17) is 17.1 Å². The molecule has 1 unspecified atom stereocenters. The lowest BCUT2D eigenvalue weighted by molar-refractivity contribution is 1.30. The molecular formula is H2ClIN2P2. The third-order valence-electron chi connectivity index (χ3n) is 0.119. The van der Waals surface area contributed by atoms with E-state index in [1.807, 2.05) is 0 Å². The molecule has 6 heavy (non-hydrogen) atoms. The first-order valence-electron chi connectivity index (χ1n) is 0.996. The summed E-state index contributed by atoms with van der Waals surface area (Å²) >= 11 is 7.53. The largest absolute Gasteiger partial charge is 0.223 e. The quantitative estimate of drug-likeness (QED) is 0.332. The van der Waals surface area contributed by atoms with Crippen LogP contribution in [0.15, 0.2) is 4.85 Å². The van der Waals surface area contributed by atoms with Crippen LogP contribution in [0.4, 0.5) is 0 Å². The van der Waals surface area contributed by atoms with Gasteiger partial charge in [0, 0.05) is 0 Å². The minimum absolute atomic E-state index is 0.478. The summed E-state index contributed by atoms with van der Waals surface area (Å²) in [4.78, 5) is 3.30. The minimum Gasteiger partial charge on any atom is -0.223 e. The zero-order valence-electron chi connectivity index (χ0n) is 2.67. The second kappa shape index (κ2) is 4.66. The molecule has 0 radical (unpaired) electrons. The number of nitrogens with zero attached hydrogens (tertiary/aromatic N) is 1. The summed E-state index contributed by atoms with van der Waals surface area (Å²) in [5.41, 5.74) is 0. The molecule has 0 bridgehead atoms. The molecule has 0 aliphatic carbocycles. The first kappa shape index (κ1) is 7.51. The van der Waals surface area contributed by atoms with Crippen molar-refractivity contribution >= 4 is 45.9 Å². The van der Waals surface area contributed by atoms with Crippen molar-refractivity contribution in [1.82, 2.24) is 0 Å². The smallest absolute Gasteiger partial charge is 0.128 e. The molecule has 0 heterocycles. The molecule has 0 saturated carbocycles. The highest BCUT2D eigenvalue weighted by Crippen LogP contribution is 2.62. The Bertz CT molecular complexity index is 53.5. The van der Waals surface area contributed by atoms with Crippen LogP contribution in [0.3, 0.4) is 0 Å². The van der Waals surface area contributed by atoms with E-state index in [0.29, 0.717) is 0 Å². The topological polar surface area (TPSA) is 38.4 Å². The molecule has 0 aliphatic rings. The van der Waals surface area contributed by atoms with E-state index >= 15 is 0 Å². The monoisotopic (exact) mass is 254 g/mol. The van der Waals surface area contributed by atoms with Crippen molar-refractivity contribution in [3.63, 3.8) is 0 Å². The predicted octanol–water partition coefficient (Wildman–Crippen LogP) is 2.89. The van der Waals surface area contributed by atoms with Gasteiger partial charge in [-0.05, 0) is 22.0 Å². The van der Waals surface area contributed by atoms with Crippen molar-refractivity contribution in [2.75, 3.05) is 0 Å². The van der Waals surface area contributed by atoms with Crippen molar-refractivity contribution in [3.05, 3.63) is 0 Å². The van der Waals surface area contributed by atoms with Crippen LogP contribution in [0, 0.1) is 0 Å². The molecule has 0 rings (SSSR count). The van der Waals surface area contributed by atoms with E-state index in [0.717, 1.165) is 8.06 Å². The maximum atomic E-state index is 5.44. The first-order chi connectivity index (χ1) is 2.77. The van der Waals surface area contributed by atoms with Crippen LogP contribution >= 0.6 is 45.9 Å². The van der Waals surface area contributed by atoms with Crippen LogP contribution in [0.1, 0.15) is 0 Å². The van der Waals surface area contributed by atoms with Crippen LogP contribution < -0.4 is 5.84 Å². The van der Waals surface area contributed by atoms with Crippen molar-refractivity contribution < 1.29 is 0 Å². The van der Waals surface area contributed by atoms with Gasteiger partial charge in [0.05, 0.1) is 8.06 Å². The van der Waals surface area contributed by atoms with Crippen LogP contribution in [0.5, 0.6) is 0 Å². The lowest BCUT2D eigenvalue weighted by atomic mass is 13.0. The molecule has 6 heteroatoms. The lowest BCUT2D eigenvalue weighted by Gasteiger charge is -1.78. The molecule has 0 aromatic rings. The van der Waals surface area contributed by atoms with Gasteiger partial charge in [-0.25, -0.2) is 5.84 Å². The van der Waals surface area contributed by atoms with Crippen LogP contribution in [0.25, 0.3) is 0 Å². The van der Waals surface area contributed by atoms with Gasteiger partial charge in [-0.3, -0.25) is 0 Å². The summed E-state index contributed by atoms with van der Waals surface area (Å²) in [7, 11) is 0.798. The van der Waals surface area contributed by atoms with E-state index < -0.39 is 4.61 Å². The average molecular weight is 254 g/mol. The molecule has 0 fully saturated rings. The molecule has 0 saturated heterocycles. The van der Waals surface area contributed by atoms with E-state index in [1.165, 1.54) is 0 Å². The Balaban J connectivity index is 3.03. The Kier molecular flexibility index (Phi) is 5.84. The fourth-order valence-corrected chi connectivity index (χ4v) is 1.71. The van der Waals surface area contributed by atoms with E-state index in [9.17, 15) is 0 Å². The number of hydrogen-bond acceptors (Lipinski definition) is 1. The third-order valence-corrected chi connectivity index (χ3v) is 3.42. The molecule has 0 amide bonds. The van der Waals surface area contributed by atoms with E-state index in [-0.39, 0.29) is 0 Å². The summed E-state index contributed by atoms with van der Waals surface area (Å²) in [5.74, 6) is 4.77. The van der Waals surface area contributed by atoms with Gasteiger partial charge < -0.3 is 0 Å². The van der Waals surface area contributed by atoms with E-state index in [2.05, 4.69) is 26.9 Å². The van der Waals surface area contributed by atoms with Crippen molar-refractivity contribution in [3.8, 4) is 0 Å². The normalized spacial score (nSPS) is 15.8. The maximum absolute atomic E-state index is 5.44. The Hall–Kier alpha value is 1.51. The molecule has 0 aromatic heterocycles. The Morgan fingerprint density at radius 3 is 2.50 bits per heavy atom.